The summed E-state index contributed by atoms with van der Waals surface area (Å²) in [5.41, 5.74) is 3.38. The first kappa shape index (κ1) is 14.3. The molecule has 2 nitrogen and oxygen atoms in total. The van der Waals surface area contributed by atoms with Gasteiger partial charge in [0.15, 0.2) is 0 Å². The molecule has 0 fully saturated rings. The van der Waals surface area contributed by atoms with Crippen LogP contribution in [0.3, 0.4) is 0 Å². The van der Waals surface area contributed by atoms with E-state index in [4.69, 9.17) is 4.74 Å². The molecule has 1 N–H and O–H groups in total. The number of aryl methyl sites for hydroxylation is 1. The molecular formula is C17H24O2. The minimum absolute atomic E-state index is 0.426. The van der Waals surface area contributed by atoms with Gasteiger partial charge in [-0.2, -0.15) is 0 Å². The van der Waals surface area contributed by atoms with Gasteiger partial charge >= 0.3 is 0 Å². The van der Waals surface area contributed by atoms with E-state index >= 15 is 0 Å². The van der Waals surface area contributed by atoms with Crippen molar-refractivity contribution in [1.29, 1.82) is 0 Å². The molecule has 0 spiro atoms. The highest BCUT2D eigenvalue weighted by atomic mass is 16.5. The van der Waals surface area contributed by atoms with Gasteiger partial charge in [0.2, 0.25) is 0 Å². The Morgan fingerprint density at radius 2 is 1.95 bits per heavy atom. The van der Waals surface area contributed by atoms with Crippen LogP contribution in [-0.4, -0.2) is 23.4 Å². The van der Waals surface area contributed by atoms with Crippen molar-refractivity contribution in [3.8, 4) is 0 Å². The van der Waals surface area contributed by atoms with Crippen LogP contribution in [0.2, 0.25) is 0 Å². The third-order valence-corrected chi connectivity index (χ3v) is 4.14. The molecule has 0 amide bonds. The average Bonchev–Trinajstić information content (AvgIpc) is 2.63. The maximum absolute atomic E-state index is 10.3. The van der Waals surface area contributed by atoms with Crippen molar-refractivity contribution in [2.24, 2.45) is 0 Å². The zero-order valence-electron chi connectivity index (χ0n) is 12.1. The fourth-order valence-electron chi connectivity index (χ4n) is 3.00. The van der Waals surface area contributed by atoms with Crippen molar-refractivity contribution < 1.29 is 9.84 Å². The first-order valence-electron chi connectivity index (χ1n) is 7.11. The summed E-state index contributed by atoms with van der Waals surface area (Å²) in [5.74, 6) is 0. The van der Waals surface area contributed by atoms with Crippen LogP contribution in [-0.2, 0) is 11.2 Å². The van der Waals surface area contributed by atoms with Crippen LogP contribution < -0.4 is 0 Å². The smallest absolute Gasteiger partial charge is 0.104 e. The minimum atomic E-state index is -0.460. The van der Waals surface area contributed by atoms with Gasteiger partial charge in [-0.15, -0.1) is 0 Å². The molecule has 0 heterocycles. The van der Waals surface area contributed by atoms with Crippen molar-refractivity contribution in [1.82, 2.24) is 0 Å². The van der Waals surface area contributed by atoms with Gasteiger partial charge < -0.3 is 9.84 Å². The SMILES string of the molecule is CCO[C@@]1(C)CC(CCc2ccccc2)=C(C)[C@@H]1O. The molecule has 1 aliphatic carbocycles. The molecule has 2 heteroatoms. The van der Waals surface area contributed by atoms with Crippen LogP contribution in [0.25, 0.3) is 0 Å². The van der Waals surface area contributed by atoms with Crippen molar-refractivity contribution >= 4 is 0 Å². The van der Waals surface area contributed by atoms with E-state index in [0.717, 1.165) is 24.8 Å². The topological polar surface area (TPSA) is 29.5 Å². The van der Waals surface area contributed by atoms with Crippen LogP contribution in [0.15, 0.2) is 41.5 Å². The zero-order chi connectivity index (χ0) is 13.9. The van der Waals surface area contributed by atoms with Crippen LogP contribution in [0.5, 0.6) is 0 Å². The average molecular weight is 260 g/mol. The summed E-state index contributed by atoms with van der Waals surface area (Å²) in [4.78, 5) is 0. The Kier molecular flexibility index (Phi) is 4.43. The summed E-state index contributed by atoms with van der Waals surface area (Å²) in [6.45, 7) is 6.68. The summed E-state index contributed by atoms with van der Waals surface area (Å²) >= 11 is 0. The molecule has 19 heavy (non-hydrogen) atoms. The quantitative estimate of drug-likeness (QED) is 0.821. The number of hydrogen-bond donors (Lipinski definition) is 1. The fraction of sp³-hybridized carbons (Fsp3) is 0.529. The maximum Gasteiger partial charge on any atom is 0.104 e. The van der Waals surface area contributed by atoms with Crippen molar-refractivity contribution in [2.75, 3.05) is 6.61 Å². The highest BCUT2D eigenvalue weighted by Gasteiger charge is 2.41. The number of ether oxygens (including phenoxy) is 1. The molecule has 104 valence electrons. The maximum atomic E-state index is 10.3. The Morgan fingerprint density at radius 1 is 1.26 bits per heavy atom. The van der Waals surface area contributed by atoms with Gasteiger partial charge in [0, 0.05) is 13.0 Å². The Bertz CT molecular complexity index is 450. The largest absolute Gasteiger partial charge is 0.386 e. The van der Waals surface area contributed by atoms with Gasteiger partial charge in [0.25, 0.3) is 0 Å². The molecule has 0 aliphatic heterocycles. The van der Waals surface area contributed by atoms with Gasteiger partial charge in [-0.25, -0.2) is 0 Å². The van der Waals surface area contributed by atoms with Crippen molar-refractivity contribution in [2.45, 2.75) is 51.7 Å². The second kappa shape index (κ2) is 5.89. The predicted molar refractivity (Wildman–Crippen MR) is 78.1 cm³/mol. The lowest BCUT2D eigenvalue weighted by Crippen LogP contribution is -2.38. The lowest BCUT2D eigenvalue weighted by Gasteiger charge is -2.29. The number of hydrogen-bond acceptors (Lipinski definition) is 2. The second-order valence-corrected chi connectivity index (χ2v) is 5.60. The first-order chi connectivity index (χ1) is 9.07. The summed E-state index contributed by atoms with van der Waals surface area (Å²) in [5, 5.41) is 10.3. The molecule has 1 aliphatic rings. The van der Waals surface area contributed by atoms with E-state index in [9.17, 15) is 5.11 Å². The number of rotatable bonds is 5. The predicted octanol–water partition coefficient (Wildman–Crippen LogP) is 3.50. The van der Waals surface area contributed by atoms with Gasteiger partial charge in [-0.1, -0.05) is 35.9 Å². The van der Waals surface area contributed by atoms with Crippen LogP contribution in [0.4, 0.5) is 0 Å². The van der Waals surface area contributed by atoms with Crippen molar-refractivity contribution in [3.63, 3.8) is 0 Å². The molecule has 0 aromatic heterocycles. The number of benzene rings is 1. The van der Waals surface area contributed by atoms with E-state index in [2.05, 4.69) is 24.3 Å². The zero-order valence-corrected chi connectivity index (χ0v) is 12.1. The molecule has 0 unspecified atom stereocenters. The first-order valence-corrected chi connectivity index (χ1v) is 7.11. The summed E-state index contributed by atoms with van der Waals surface area (Å²) < 4.78 is 5.76. The Balaban J connectivity index is 2.01. The third kappa shape index (κ3) is 3.07. The van der Waals surface area contributed by atoms with Gasteiger partial charge in [0.05, 0.1) is 5.60 Å². The van der Waals surface area contributed by atoms with E-state index in [1.54, 1.807) is 0 Å². The van der Waals surface area contributed by atoms with E-state index in [-0.39, 0.29) is 0 Å². The Labute approximate surface area is 116 Å². The lowest BCUT2D eigenvalue weighted by molar-refractivity contribution is -0.0844. The summed E-state index contributed by atoms with van der Waals surface area (Å²) in [6, 6.07) is 10.5. The molecule has 2 rings (SSSR count). The summed E-state index contributed by atoms with van der Waals surface area (Å²) in [6.07, 6.45) is 2.43. The highest BCUT2D eigenvalue weighted by Crippen LogP contribution is 2.39. The molecule has 1 aromatic rings. The van der Waals surface area contributed by atoms with E-state index < -0.39 is 11.7 Å². The Morgan fingerprint density at radius 3 is 2.58 bits per heavy atom. The van der Waals surface area contributed by atoms with E-state index in [1.165, 1.54) is 11.1 Å². The van der Waals surface area contributed by atoms with E-state index in [0.29, 0.717) is 6.61 Å². The molecule has 0 bridgehead atoms. The molecule has 0 saturated carbocycles. The molecular weight excluding hydrogens is 236 g/mol. The van der Waals surface area contributed by atoms with E-state index in [1.807, 2.05) is 26.8 Å². The fourth-order valence-corrected chi connectivity index (χ4v) is 3.00. The van der Waals surface area contributed by atoms with Gasteiger partial charge in [-0.05, 0) is 44.7 Å². The normalized spacial score (nSPS) is 27.1. The third-order valence-electron chi connectivity index (χ3n) is 4.14. The Hall–Kier alpha value is -1.12. The number of aliphatic hydroxyl groups excluding tert-OH is 1. The molecule has 0 saturated heterocycles. The highest BCUT2D eigenvalue weighted by molar-refractivity contribution is 5.30. The van der Waals surface area contributed by atoms with Gasteiger partial charge in [0.1, 0.15) is 6.10 Å². The summed E-state index contributed by atoms with van der Waals surface area (Å²) in [7, 11) is 0. The number of aliphatic hydroxyl groups is 1. The van der Waals surface area contributed by atoms with Crippen LogP contribution in [0.1, 0.15) is 39.2 Å². The minimum Gasteiger partial charge on any atom is -0.386 e. The molecule has 1 aromatic carbocycles. The van der Waals surface area contributed by atoms with Crippen LogP contribution >= 0.6 is 0 Å². The lowest BCUT2D eigenvalue weighted by atomic mass is 9.97. The van der Waals surface area contributed by atoms with Gasteiger partial charge in [-0.3, -0.25) is 0 Å². The molecule has 2 atom stereocenters. The standard InChI is InChI=1S/C17H24O2/c1-4-19-17(3)12-15(13(2)16(17)18)11-10-14-8-6-5-7-9-14/h5-9,16,18H,4,10-12H2,1-3H3/t16-,17-/m0/s1. The van der Waals surface area contributed by atoms with Crippen LogP contribution in [0, 0.1) is 0 Å². The second-order valence-electron chi connectivity index (χ2n) is 5.60. The van der Waals surface area contributed by atoms with Crippen molar-refractivity contribution in [3.05, 3.63) is 47.0 Å². The molecule has 0 radical (unpaired) electrons. The monoisotopic (exact) mass is 260 g/mol.